The lowest BCUT2D eigenvalue weighted by molar-refractivity contribution is -0.145. The summed E-state index contributed by atoms with van der Waals surface area (Å²) < 4.78 is 5.22. The van der Waals surface area contributed by atoms with Crippen LogP contribution in [0.4, 0.5) is 0 Å². The number of rotatable bonds is 21. The van der Waals surface area contributed by atoms with E-state index in [2.05, 4.69) is 6.92 Å². The summed E-state index contributed by atoms with van der Waals surface area (Å²) >= 11 is 0. The van der Waals surface area contributed by atoms with Gasteiger partial charge in [-0.25, -0.2) is 0 Å². The normalized spacial score (nSPS) is 12.3. The number of hydrogen-bond donors (Lipinski definition) is 2. The van der Waals surface area contributed by atoms with Crippen molar-refractivity contribution in [3.05, 3.63) is 0 Å². The number of esters is 1. The van der Waals surface area contributed by atoms with E-state index in [0.717, 1.165) is 19.3 Å². The van der Waals surface area contributed by atoms with Gasteiger partial charge < -0.3 is 16.2 Å². The lowest BCUT2D eigenvalue weighted by atomic mass is 10.0. The molecule has 0 aliphatic heterocycles. The van der Waals surface area contributed by atoms with Gasteiger partial charge in [0, 0.05) is 0 Å². The molecule has 0 unspecified atom stereocenters. The minimum atomic E-state index is -0.505. The Bertz CT molecular complexity index is 311. The fourth-order valence-electron chi connectivity index (χ4n) is 3.39. The molecule has 1 atom stereocenters. The molecule has 0 saturated heterocycles. The van der Waals surface area contributed by atoms with E-state index in [9.17, 15) is 4.79 Å². The molecule has 0 radical (unpaired) electrons. The first-order valence-electron chi connectivity index (χ1n) is 11.8. The number of ether oxygens (including phenoxy) is 1. The first-order valence-corrected chi connectivity index (χ1v) is 11.8. The summed E-state index contributed by atoms with van der Waals surface area (Å²) in [7, 11) is 0. The molecule has 0 fully saturated rings. The van der Waals surface area contributed by atoms with Crippen molar-refractivity contribution in [2.75, 3.05) is 13.2 Å². The smallest absolute Gasteiger partial charge is 0.322 e. The van der Waals surface area contributed by atoms with E-state index in [1.165, 1.54) is 89.9 Å². The van der Waals surface area contributed by atoms with E-state index in [-0.39, 0.29) is 5.97 Å². The van der Waals surface area contributed by atoms with Gasteiger partial charge in [-0.3, -0.25) is 4.79 Å². The van der Waals surface area contributed by atoms with E-state index < -0.39 is 6.04 Å². The largest absolute Gasteiger partial charge is 0.465 e. The molecule has 0 bridgehead atoms. The quantitative estimate of drug-likeness (QED) is 0.192. The van der Waals surface area contributed by atoms with Crippen LogP contribution in [-0.2, 0) is 9.53 Å². The second-order valence-electron chi connectivity index (χ2n) is 8.01. The predicted octanol–water partition coefficient (Wildman–Crippen LogP) is 5.86. The summed E-state index contributed by atoms with van der Waals surface area (Å²) in [5, 5.41) is 0. The molecule has 0 saturated carbocycles. The Labute approximate surface area is 169 Å². The molecular weight excluding hydrogens is 336 g/mol. The van der Waals surface area contributed by atoms with E-state index in [4.69, 9.17) is 16.2 Å². The molecule has 4 N–H and O–H groups in total. The van der Waals surface area contributed by atoms with Gasteiger partial charge in [-0.15, -0.1) is 0 Å². The first-order chi connectivity index (χ1) is 13.2. The molecule has 0 aromatic carbocycles. The molecule has 4 nitrogen and oxygen atoms in total. The SMILES string of the molecule is CCCCCCCCCCCCCCCCCCOC(=O)[C@H](N)CCCN. The second-order valence-corrected chi connectivity index (χ2v) is 8.01. The zero-order valence-corrected chi connectivity index (χ0v) is 18.2. The molecule has 0 heterocycles. The minimum Gasteiger partial charge on any atom is -0.465 e. The Balaban J connectivity index is 3.15. The van der Waals surface area contributed by atoms with Crippen LogP contribution in [0.3, 0.4) is 0 Å². The van der Waals surface area contributed by atoms with E-state index in [1.807, 2.05) is 0 Å². The highest BCUT2D eigenvalue weighted by Crippen LogP contribution is 2.13. The van der Waals surface area contributed by atoms with Crippen molar-refractivity contribution in [3.63, 3.8) is 0 Å². The van der Waals surface area contributed by atoms with Gasteiger partial charge in [0.15, 0.2) is 0 Å². The standard InChI is InChI=1S/C23H48N2O2/c1-2-3-4-5-6-7-8-9-10-11-12-13-14-15-16-17-21-27-23(26)22(25)19-18-20-24/h22H,2-21,24-25H2,1H3/t22-/m1/s1. The first kappa shape index (κ1) is 26.4. The fourth-order valence-corrected chi connectivity index (χ4v) is 3.39. The molecule has 0 rings (SSSR count). The van der Waals surface area contributed by atoms with Crippen molar-refractivity contribution in [1.82, 2.24) is 0 Å². The molecule has 0 aromatic rings. The van der Waals surface area contributed by atoms with Crippen molar-refractivity contribution >= 4 is 5.97 Å². The maximum Gasteiger partial charge on any atom is 0.322 e. The number of hydrogen-bond acceptors (Lipinski definition) is 4. The zero-order valence-electron chi connectivity index (χ0n) is 18.2. The molecule has 0 spiro atoms. The molecule has 0 aromatic heterocycles. The molecule has 162 valence electrons. The third-order valence-corrected chi connectivity index (χ3v) is 5.26. The van der Waals surface area contributed by atoms with Crippen LogP contribution in [0.25, 0.3) is 0 Å². The van der Waals surface area contributed by atoms with Crippen molar-refractivity contribution in [2.45, 2.75) is 129 Å². The monoisotopic (exact) mass is 384 g/mol. The Kier molecular flexibility index (Phi) is 21.2. The van der Waals surface area contributed by atoms with Crippen LogP contribution < -0.4 is 11.5 Å². The highest BCUT2D eigenvalue weighted by Gasteiger charge is 2.13. The van der Waals surface area contributed by atoms with Crippen LogP contribution in [0, 0.1) is 0 Å². The van der Waals surface area contributed by atoms with Crippen molar-refractivity contribution in [1.29, 1.82) is 0 Å². The van der Waals surface area contributed by atoms with Gasteiger partial charge in [-0.2, -0.15) is 0 Å². The Morgan fingerprint density at radius 1 is 0.704 bits per heavy atom. The average Bonchev–Trinajstić information content (AvgIpc) is 2.68. The van der Waals surface area contributed by atoms with Crippen LogP contribution in [0.5, 0.6) is 0 Å². The van der Waals surface area contributed by atoms with E-state index in [1.54, 1.807) is 0 Å². The van der Waals surface area contributed by atoms with Gasteiger partial charge >= 0.3 is 5.97 Å². The number of unbranched alkanes of at least 4 members (excludes halogenated alkanes) is 15. The van der Waals surface area contributed by atoms with Crippen LogP contribution in [0.2, 0.25) is 0 Å². The molecule has 4 heteroatoms. The zero-order chi connectivity index (χ0) is 20.0. The predicted molar refractivity (Wildman–Crippen MR) is 117 cm³/mol. The Morgan fingerprint density at radius 3 is 1.52 bits per heavy atom. The van der Waals surface area contributed by atoms with Crippen LogP contribution in [-0.4, -0.2) is 25.2 Å². The van der Waals surface area contributed by atoms with Crippen molar-refractivity contribution in [3.8, 4) is 0 Å². The minimum absolute atomic E-state index is 0.274. The third-order valence-electron chi connectivity index (χ3n) is 5.26. The summed E-state index contributed by atoms with van der Waals surface area (Å²) in [6.07, 6.45) is 22.9. The Hall–Kier alpha value is -0.610. The number of carbonyl (C=O) groups excluding carboxylic acids is 1. The summed E-state index contributed by atoms with van der Waals surface area (Å²) in [4.78, 5) is 11.6. The summed E-state index contributed by atoms with van der Waals surface area (Å²) in [5.41, 5.74) is 11.2. The summed E-state index contributed by atoms with van der Waals surface area (Å²) in [6.45, 7) is 3.35. The second kappa shape index (κ2) is 21.7. The molecular formula is C23H48N2O2. The highest BCUT2D eigenvalue weighted by molar-refractivity contribution is 5.75. The lowest BCUT2D eigenvalue weighted by Gasteiger charge is -2.10. The summed E-state index contributed by atoms with van der Waals surface area (Å²) in [6, 6.07) is -0.505. The highest BCUT2D eigenvalue weighted by atomic mass is 16.5. The van der Waals surface area contributed by atoms with Gasteiger partial charge in [0.2, 0.25) is 0 Å². The van der Waals surface area contributed by atoms with E-state index >= 15 is 0 Å². The molecule has 0 amide bonds. The maximum absolute atomic E-state index is 11.6. The van der Waals surface area contributed by atoms with Gasteiger partial charge in [0.1, 0.15) is 6.04 Å². The van der Waals surface area contributed by atoms with E-state index in [0.29, 0.717) is 19.6 Å². The van der Waals surface area contributed by atoms with Gasteiger partial charge in [0.25, 0.3) is 0 Å². The number of carbonyl (C=O) groups is 1. The molecule has 0 aliphatic carbocycles. The molecule has 27 heavy (non-hydrogen) atoms. The van der Waals surface area contributed by atoms with Crippen molar-refractivity contribution in [2.24, 2.45) is 11.5 Å². The van der Waals surface area contributed by atoms with Crippen LogP contribution in [0.1, 0.15) is 122 Å². The average molecular weight is 385 g/mol. The van der Waals surface area contributed by atoms with Crippen LogP contribution >= 0.6 is 0 Å². The maximum atomic E-state index is 11.6. The number of nitrogens with two attached hydrogens (primary N) is 2. The lowest BCUT2D eigenvalue weighted by Crippen LogP contribution is -2.33. The molecule has 0 aliphatic rings. The fraction of sp³-hybridized carbons (Fsp3) is 0.957. The Morgan fingerprint density at radius 2 is 1.11 bits per heavy atom. The van der Waals surface area contributed by atoms with Gasteiger partial charge in [0.05, 0.1) is 6.61 Å². The van der Waals surface area contributed by atoms with Crippen LogP contribution in [0.15, 0.2) is 0 Å². The van der Waals surface area contributed by atoms with Gasteiger partial charge in [-0.1, -0.05) is 103 Å². The topological polar surface area (TPSA) is 78.3 Å². The third kappa shape index (κ3) is 19.9. The van der Waals surface area contributed by atoms with Crippen molar-refractivity contribution < 1.29 is 9.53 Å². The summed E-state index contributed by atoms with van der Waals surface area (Å²) in [5.74, 6) is -0.274. The van der Waals surface area contributed by atoms with Gasteiger partial charge in [-0.05, 0) is 25.8 Å².